The number of aromatic amines is 2. The highest BCUT2D eigenvalue weighted by Gasteiger charge is 2.21. The minimum absolute atomic E-state index is 0.00976. The number of para-hydroxylation sites is 1. The van der Waals surface area contributed by atoms with Crippen LogP contribution in [-0.2, 0) is 0 Å². The Morgan fingerprint density at radius 3 is 2.74 bits per heavy atom. The zero-order valence-corrected chi connectivity index (χ0v) is 20.1. The van der Waals surface area contributed by atoms with E-state index in [9.17, 15) is 9.59 Å². The quantitative estimate of drug-likeness (QED) is 0.440. The van der Waals surface area contributed by atoms with E-state index in [0.717, 1.165) is 51.1 Å². The van der Waals surface area contributed by atoms with Crippen molar-refractivity contribution in [3.8, 4) is 17.0 Å². The van der Waals surface area contributed by atoms with Crippen LogP contribution in [0.2, 0.25) is 0 Å². The molecule has 1 unspecified atom stereocenters. The Morgan fingerprint density at radius 1 is 1.09 bits per heavy atom. The van der Waals surface area contributed by atoms with Crippen LogP contribution < -0.4 is 20.8 Å². The molecule has 2 aromatic carbocycles. The number of benzene rings is 2. The summed E-state index contributed by atoms with van der Waals surface area (Å²) in [6, 6.07) is 9.49. The molecule has 0 spiro atoms. The Kier molecular flexibility index (Phi) is 5.36. The van der Waals surface area contributed by atoms with Crippen LogP contribution in [-0.4, -0.2) is 64.5 Å². The molecule has 2 aliphatic heterocycles. The number of aromatic nitrogens is 4. The van der Waals surface area contributed by atoms with Gasteiger partial charge in [-0.05, 0) is 45.4 Å². The van der Waals surface area contributed by atoms with E-state index in [4.69, 9.17) is 9.72 Å². The highest BCUT2D eigenvalue weighted by molar-refractivity contribution is 5.94. The molecule has 4 bridgehead atoms. The molecule has 6 rings (SSSR count). The van der Waals surface area contributed by atoms with Gasteiger partial charge in [0.25, 0.3) is 11.1 Å². The third-order valence-corrected chi connectivity index (χ3v) is 7.33. The summed E-state index contributed by atoms with van der Waals surface area (Å²) < 4.78 is 7.95. The van der Waals surface area contributed by atoms with Crippen LogP contribution in [0.1, 0.15) is 32.2 Å². The van der Waals surface area contributed by atoms with Crippen molar-refractivity contribution in [3.05, 3.63) is 51.0 Å². The molecule has 0 aliphatic carbocycles. The van der Waals surface area contributed by atoms with Crippen LogP contribution in [0.5, 0.6) is 5.75 Å². The van der Waals surface area contributed by atoms with E-state index in [1.165, 1.54) is 0 Å². The van der Waals surface area contributed by atoms with Crippen molar-refractivity contribution in [2.24, 2.45) is 0 Å². The van der Waals surface area contributed by atoms with Crippen LogP contribution >= 0.6 is 0 Å². The number of piperazine rings is 1. The average Bonchev–Trinajstić information content (AvgIpc) is 3.20. The smallest absolute Gasteiger partial charge is 0.275 e. The summed E-state index contributed by atoms with van der Waals surface area (Å²) in [7, 11) is 2.13. The first-order valence-corrected chi connectivity index (χ1v) is 12.4. The molecule has 9 nitrogen and oxygen atoms in total. The molecule has 0 amide bonds. The molecule has 1 fully saturated rings. The molecule has 0 radical (unpaired) electrons. The summed E-state index contributed by atoms with van der Waals surface area (Å²) in [6.07, 6.45) is 2.65. The van der Waals surface area contributed by atoms with Crippen molar-refractivity contribution >= 4 is 27.6 Å². The summed E-state index contributed by atoms with van der Waals surface area (Å²) in [5.41, 5.74) is 3.47. The fourth-order valence-corrected chi connectivity index (χ4v) is 5.20. The zero-order chi connectivity index (χ0) is 24.1. The minimum atomic E-state index is -0.291. The molecule has 2 aromatic heterocycles. The number of nitrogens with zero attached hydrogens (tertiary/aromatic N) is 4. The molecule has 9 heteroatoms. The molecule has 0 saturated carbocycles. The van der Waals surface area contributed by atoms with Gasteiger partial charge in [-0.1, -0.05) is 12.1 Å². The lowest BCUT2D eigenvalue weighted by atomic mass is 10.1. The standard InChI is InChI=1S/C26H30N6O3/c1-16-6-3-4-13-35-21-15-17(31-11-9-30(2)10-12-31)14-20-24(21)28-23(25(33)27-20)18-7-5-8-19-22(18)29-32(16)26(19)34/h5,7-8,14-16,29H,3-4,6,9-13H2,1-2H3,(H,27,33). The average molecular weight is 475 g/mol. The van der Waals surface area contributed by atoms with Crippen LogP contribution in [0.25, 0.3) is 33.2 Å². The second kappa shape index (κ2) is 8.57. The predicted octanol–water partition coefficient (Wildman–Crippen LogP) is 3.11. The molecule has 182 valence electrons. The van der Waals surface area contributed by atoms with Gasteiger partial charge in [0, 0.05) is 43.5 Å². The summed E-state index contributed by atoms with van der Waals surface area (Å²) in [5, 5.41) is 3.84. The highest BCUT2D eigenvalue weighted by Crippen LogP contribution is 2.32. The number of fused-ring (bicyclic) bond motifs is 3. The van der Waals surface area contributed by atoms with E-state index < -0.39 is 0 Å². The number of rotatable bonds is 1. The second-order valence-corrected chi connectivity index (χ2v) is 9.75. The Labute approximate surface area is 202 Å². The Bertz CT molecular complexity index is 1530. The number of hydrogen-bond donors (Lipinski definition) is 2. The summed E-state index contributed by atoms with van der Waals surface area (Å²) in [4.78, 5) is 38.9. The number of nitrogens with one attached hydrogen (secondary N) is 2. The van der Waals surface area contributed by atoms with Crippen LogP contribution in [0.4, 0.5) is 5.69 Å². The normalized spacial score (nSPS) is 19.4. The molecule has 1 atom stereocenters. The monoisotopic (exact) mass is 474 g/mol. The number of hydrogen-bond acceptors (Lipinski definition) is 6. The number of ether oxygens (including phenoxy) is 1. The molecule has 4 aromatic rings. The molecular weight excluding hydrogens is 444 g/mol. The third-order valence-electron chi connectivity index (χ3n) is 7.33. The first-order chi connectivity index (χ1) is 17.0. The van der Waals surface area contributed by atoms with Gasteiger partial charge in [0.15, 0.2) is 0 Å². The Balaban J connectivity index is 1.56. The number of H-pyrrole nitrogens is 2. The van der Waals surface area contributed by atoms with Crippen LogP contribution in [0.15, 0.2) is 39.9 Å². The van der Waals surface area contributed by atoms with Gasteiger partial charge in [0.1, 0.15) is 17.0 Å². The Morgan fingerprint density at radius 2 is 1.91 bits per heavy atom. The number of anilines is 1. The van der Waals surface area contributed by atoms with E-state index >= 15 is 0 Å². The van der Waals surface area contributed by atoms with E-state index in [1.807, 2.05) is 19.1 Å². The molecule has 1 saturated heterocycles. The third kappa shape index (κ3) is 3.80. The molecule has 35 heavy (non-hydrogen) atoms. The van der Waals surface area contributed by atoms with E-state index in [0.29, 0.717) is 39.9 Å². The lowest BCUT2D eigenvalue weighted by molar-refractivity contribution is 0.300. The lowest BCUT2D eigenvalue weighted by Crippen LogP contribution is -2.44. The van der Waals surface area contributed by atoms with Crippen molar-refractivity contribution < 1.29 is 4.74 Å². The van der Waals surface area contributed by atoms with Gasteiger partial charge < -0.3 is 19.5 Å². The summed E-state index contributed by atoms with van der Waals surface area (Å²) in [6.45, 7) is 6.40. The van der Waals surface area contributed by atoms with Crippen molar-refractivity contribution in [3.63, 3.8) is 0 Å². The SMILES string of the molecule is CC1CCCCOc2cc(N3CCN(C)CC3)cc3[nH]c(=O)c(nc23)-c2cccc3c(=O)n1[nH]c23. The largest absolute Gasteiger partial charge is 0.491 e. The van der Waals surface area contributed by atoms with Gasteiger partial charge in [-0.2, -0.15) is 0 Å². The maximum atomic E-state index is 13.3. The van der Waals surface area contributed by atoms with Crippen molar-refractivity contribution in [2.45, 2.75) is 32.2 Å². The Hall–Kier alpha value is -3.59. The maximum Gasteiger partial charge on any atom is 0.275 e. The van der Waals surface area contributed by atoms with Gasteiger partial charge >= 0.3 is 0 Å². The topological polar surface area (TPSA) is 99.2 Å². The van der Waals surface area contributed by atoms with Gasteiger partial charge in [-0.25, -0.2) is 9.67 Å². The minimum Gasteiger partial charge on any atom is -0.491 e. The first kappa shape index (κ1) is 21.9. The molecular formula is C26H30N6O3. The molecule has 2 N–H and O–H groups in total. The van der Waals surface area contributed by atoms with Gasteiger partial charge in [0.05, 0.1) is 29.1 Å². The summed E-state index contributed by atoms with van der Waals surface area (Å²) >= 11 is 0. The van der Waals surface area contributed by atoms with Crippen molar-refractivity contribution in [1.29, 1.82) is 0 Å². The van der Waals surface area contributed by atoms with Gasteiger partial charge in [-0.3, -0.25) is 14.7 Å². The number of likely N-dealkylation sites (N-methyl/N-ethyl adjacent to an activating group) is 1. The van der Waals surface area contributed by atoms with Crippen LogP contribution in [0.3, 0.4) is 0 Å². The highest BCUT2D eigenvalue weighted by atomic mass is 16.5. The van der Waals surface area contributed by atoms with Crippen LogP contribution in [0, 0.1) is 0 Å². The summed E-state index contributed by atoms with van der Waals surface area (Å²) in [5.74, 6) is 0.678. The van der Waals surface area contributed by atoms with E-state index in [1.54, 1.807) is 16.8 Å². The fourth-order valence-electron chi connectivity index (χ4n) is 5.20. The van der Waals surface area contributed by atoms with Gasteiger partial charge in [-0.15, -0.1) is 0 Å². The predicted molar refractivity (Wildman–Crippen MR) is 138 cm³/mol. The van der Waals surface area contributed by atoms with E-state index in [-0.39, 0.29) is 22.9 Å². The van der Waals surface area contributed by atoms with E-state index in [2.05, 4.69) is 33.0 Å². The zero-order valence-electron chi connectivity index (χ0n) is 20.1. The van der Waals surface area contributed by atoms with Crippen molar-refractivity contribution in [1.82, 2.24) is 24.6 Å². The van der Waals surface area contributed by atoms with Gasteiger partial charge in [0.2, 0.25) is 0 Å². The molecule has 2 aliphatic rings. The molecule has 4 heterocycles. The van der Waals surface area contributed by atoms with Crippen molar-refractivity contribution in [2.75, 3.05) is 44.7 Å². The maximum absolute atomic E-state index is 13.3. The second-order valence-electron chi connectivity index (χ2n) is 9.75. The fraction of sp³-hybridized carbons (Fsp3) is 0.423. The first-order valence-electron chi connectivity index (χ1n) is 12.4. The lowest BCUT2D eigenvalue weighted by Gasteiger charge is -2.34.